The van der Waals surface area contributed by atoms with E-state index in [9.17, 15) is 4.79 Å². The molecule has 0 unspecified atom stereocenters. The molecule has 16 heavy (non-hydrogen) atoms. The lowest BCUT2D eigenvalue weighted by Gasteiger charge is -2.01. The Morgan fingerprint density at radius 2 is 2.12 bits per heavy atom. The van der Waals surface area contributed by atoms with Crippen LogP contribution in [0.25, 0.3) is 11.4 Å². The fourth-order valence-corrected chi connectivity index (χ4v) is 1.81. The Morgan fingerprint density at radius 1 is 1.44 bits per heavy atom. The van der Waals surface area contributed by atoms with Crippen LogP contribution in [-0.4, -0.2) is 25.8 Å². The van der Waals surface area contributed by atoms with Crippen LogP contribution >= 0.6 is 15.9 Å². The van der Waals surface area contributed by atoms with E-state index in [1.807, 2.05) is 24.3 Å². The number of benzene rings is 1. The van der Waals surface area contributed by atoms with Gasteiger partial charge in [-0.3, -0.25) is 0 Å². The SMILES string of the molecule is Cn1nc(C(=O)O)nc1-c1ccccc1Br. The van der Waals surface area contributed by atoms with Gasteiger partial charge in [0.1, 0.15) is 0 Å². The summed E-state index contributed by atoms with van der Waals surface area (Å²) in [7, 11) is 1.66. The van der Waals surface area contributed by atoms with Crippen LogP contribution in [0.3, 0.4) is 0 Å². The van der Waals surface area contributed by atoms with Crippen molar-refractivity contribution in [2.24, 2.45) is 7.05 Å². The van der Waals surface area contributed by atoms with E-state index in [2.05, 4.69) is 26.0 Å². The van der Waals surface area contributed by atoms with Gasteiger partial charge in [0.05, 0.1) is 0 Å². The van der Waals surface area contributed by atoms with Gasteiger partial charge in [0, 0.05) is 17.1 Å². The molecule has 1 N–H and O–H groups in total. The van der Waals surface area contributed by atoms with E-state index in [-0.39, 0.29) is 5.82 Å². The van der Waals surface area contributed by atoms with Crippen molar-refractivity contribution in [1.82, 2.24) is 14.8 Å². The largest absolute Gasteiger partial charge is 0.475 e. The number of aromatic carboxylic acids is 1. The summed E-state index contributed by atoms with van der Waals surface area (Å²) in [6.07, 6.45) is 0. The van der Waals surface area contributed by atoms with E-state index in [1.54, 1.807) is 7.05 Å². The fraction of sp³-hybridized carbons (Fsp3) is 0.100. The number of aromatic nitrogens is 3. The quantitative estimate of drug-likeness (QED) is 0.914. The lowest BCUT2D eigenvalue weighted by atomic mass is 10.2. The average Bonchev–Trinajstić information content (AvgIpc) is 2.61. The number of hydrogen-bond acceptors (Lipinski definition) is 3. The maximum Gasteiger partial charge on any atom is 0.375 e. The van der Waals surface area contributed by atoms with E-state index in [0.717, 1.165) is 10.0 Å². The summed E-state index contributed by atoms with van der Waals surface area (Å²) >= 11 is 3.38. The second-order valence-electron chi connectivity index (χ2n) is 3.17. The Labute approximate surface area is 99.9 Å². The first-order valence-corrected chi connectivity index (χ1v) is 5.28. The van der Waals surface area contributed by atoms with Gasteiger partial charge in [0.2, 0.25) is 0 Å². The second kappa shape index (κ2) is 4.05. The highest BCUT2D eigenvalue weighted by Gasteiger charge is 2.15. The molecule has 0 aliphatic heterocycles. The second-order valence-corrected chi connectivity index (χ2v) is 4.02. The molecule has 0 bridgehead atoms. The molecule has 0 fully saturated rings. The summed E-state index contributed by atoms with van der Waals surface area (Å²) in [4.78, 5) is 14.7. The Balaban J connectivity index is 2.57. The lowest BCUT2D eigenvalue weighted by molar-refractivity contribution is 0.0683. The van der Waals surface area contributed by atoms with E-state index >= 15 is 0 Å². The molecule has 0 amide bonds. The summed E-state index contributed by atoms with van der Waals surface area (Å²) in [6.45, 7) is 0. The number of halogens is 1. The number of carbonyl (C=O) groups is 1. The normalized spacial score (nSPS) is 10.4. The molecule has 0 spiro atoms. The smallest absolute Gasteiger partial charge is 0.375 e. The molecule has 6 heteroatoms. The standard InChI is InChI=1S/C10H8BrN3O2/c1-14-9(12-8(13-14)10(15)16)6-4-2-3-5-7(6)11/h2-5H,1H3,(H,15,16). The molecule has 0 atom stereocenters. The molecule has 0 saturated heterocycles. The van der Waals surface area contributed by atoms with E-state index in [1.165, 1.54) is 4.68 Å². The molecule has 1 heterocycles. The van der Waals surface area contributed by atoms with Crippen LogP contribution in [0, 0.1) is 0 Å². The van der Waals surface area contributed by atoms with Crippen molar-refractivity contribution in [3.8, 4) is 11.4 Å². The predicted molar refractivity (Wildman–Crippen MR) is 61.1 cm³/mol. The van der Waals surface area contributed by atoms with Gasteiger partial charge in [-0.05, 0) is 6.07 Å². The fourth-order valence-electron chi connectivity index (χ4n) is 1.35. The molecule has 1 aromatic heterocycles. The van der Waals surface area contributed by atoms with Gasteiger partial charge >= 0.3 is 5.97 Å². The monoisotopic (exact) mass is 281 g/mol. The van der Waals surface area contributed by atoms with Crippen LogP contribution < -0.4 is 0 Å². The number of hydrogen-bond donors (Lipinski definition) is 1. The van der Waals surface area contributed by atoms with Crippen molar-refractivity contribution in [2.75, 3.05) is 0 Å². The van der Waals surface area contributed by atoms with Crippen molar-refractivity contribution in [3.05, 3.63) is 34.6 Å². The van der Waals surface area contributed by atoms with Crippen molar-refractivity contribution >= 4 is 21.9 Å². The van der Waals surface area contributed by atoms with Crippen LogP contribution in [0.1, 0.15) is 10.6 Å². The zero-order chi connectivity index (χ0) is 11.7. The van der Waals surface area contributed by atoms with Gasteiger partial charge in [0.15, 0.2) is 5.82 Å². The summed E-state index contributed by atoms with van der Waals surface area (Å²) in [5, 5.41) is 12.6. The van der Waals surface area contributed by atoms with Crippen molar-refractivity contribution in [2.45, 2.75) is 0 Å². The topological polar surface area (TPSA) is 68.0 Å². The maximum atomic E-state index is 10.7. The minimum Gasteiger partial charge on any atom is -0.475 e. The van der Waals surface area contributed by atoms with Gasteiger partial charge in [-0.1, -0.05) is 34.1 Å². The third-order valence-electron chi connectivity index (χ3n) is 2.07. The number of rotatable bonds is 2. The van der Waals surface area contributed by atoms with E-state index in [0.29, 0.717) is 5.82 Å². The van der Waals surface area contributed by atoms with Crippen LogP contribution in [0.4, 0.5) is 0 Å². The molecular weight excluding hydrogens is 274 g/mol. The molecule has 0 aliphatic carbocycles. The molecule has 82 valence electrons. The number of carboxylic acids is 1. The van der Waals surface area contributed by atoms with Gasteiger partial charge in [-0.15, -0.1) is 5.10 Å². The van der Waals surface area contributed by atoms with Crippen LogP contribution in [0.5, 0.6) is 0 Å². The average molecular weight is 282 g/mol. The van der Waals surface area contributed by atoms with Gasteiger partial charge in [-0.2, -0.15) is 0 Å². The third kappa shape index (κ3) is 1.83. The van der Waals surface area contributed by atoms with Gasteiger partial charge in [0.25, 0.3) is 5.82 Å². The van der Waals surface area contributed by atoms with Gasteiger partial charge < -0.3 is 5.11 Å². The highest BCUT2D eigenvalue weighted by atomic mass is 79.9. The van der Waals surface area contributed by atoms with E-state index in [4.69, 9.17) is 5.11 Å². The van der Waals surface area contributed by atoms with Gasteiger partial charge in [-0.25, -0.2) is 14.5 Å². The lowest BCUT2D eigenvalue weighted by Crippen LogP contribution is -2.00. The Kier molecular flexibility index (Phi) is 2.74. The molecule has 2 rings (SSSR count). The molecule has 1 aromatic carbocycles. The Bertz CT molecular complexity index is 551. The molecule has 2 aromatic rings. The number of carboxylic acid groups (broad SMARTS) is 1. The molecule has 0 radical (unpaired) electrons. The molecular formula is C10H8BrN3O2. The maximum absolute atomic E-state index is 10.7. The minimum atomic E-state index is -1.13. The number of nitrogens with zero attached hydrogens (tertiary/aromatic N) is 3. The van der Waals surface area contributed by atoms with Crippen LogP contribution in [-0.2, 0) is 7.05 Å². The minimum absolute atomic E-state index is 0.201. The first-order chi connectivity index (χ1) is 7.59. The predicted octanol–water partition coefficient (Wildman–Crippen LogP) is 1.94. The summed E-state index contributed by atoms with van der Waals surface area (Å²) < 4.78 is 2.30. The zero-order valence-electron chi connectivity index (χ0n) is 8.38. The van der Waals surface area contributed by atoms with Crippen molar-refractivity contribution < 1.29 is 9.90 Å². The number of aryl methyl sites for hydroxylation is 1. The third-order valence-corrected chi connectivity index (χ3v) is 2.76. The first-order valence-electron chi connectivity index (χ1n) is 4.49. The molecule has 0 saturated carbocycles. The zero-order valence-corrected chi connectivity index (χ0v) is 9.97. The Morgan fingerprint density at radius 3 is 2.69 bits per heavy atom. The van der Waals surface area contributed by atoms with Crippen molar-refractivity contribution in [1.29, 1.82) is 0 Å². The summed E-state index contributed by atoms with van der Waals surface area (Å²) in [6, 6.07) is 7.45. The highest BCUT2D eigenvalue weighted by molar-refractivity contribution is 9.10. The van der Waals surface area contributed by atoms with Crippen LogP contribution in [0.2, 0.25) is 0 Å². The highest BCUT2D eigenvalue weighted by Crippen LogP contribution is 2.25. The van der Waals surface area contributed by atoms with Crippen LogP contribution in [0.15, 0.2) is 28.7 Å². The summed E-state index contributed by atoms with van der Waals surface area (Å²) in [5.41, 5.74) is 0.810. The Hall–Kier alpha value is -1.69. The molecule has 5 nitrogen and oxygen atoms in total. The summed E-state index contributed by atoms with van der Waals surface area (Å²) in [5.74, 6) is -0.813. The molecule has 0 aliphatic rings. The van der Waals surface area contributed by atoms with Crippen molar-refractivity contribution in [3.63, 3.8) is 0 Å². The van der Waals surface area contributed by atoms with E-state index < -0.39 is 5.97 Å². The first kappa shape index (κ1) is 10.8.